The van der Waals surface area contributed by atoms with Crippen molar-refractivity contribution in [1.29, 1.82) is 0 Å². The predicted octanol–water partition coefficient (Wildman–Crippen LogP) is 3.32. The molecule has 0 radical (unpaired) electrons. The van der Waals surface area contributed by atoms with Gasteiger partial charge in [-0.2, -0.15) is 0 Å². The highest BCUT2D eigenvalue weighted by Crippen LogP contribution is 2.25. The molecule has 0 saturated carbocycles. The minimum atomic E-state index is -1.28. The highest BCUT2D eigenvalue weighted by atomic mass is 19.1. The van der Waals surface area contributed by atoms with E-state index in [9.17, 15) is 14.3 Å². The van der Waals surface area contributed by atoms with Crippen LogP contribution in [0.5, 0.6) is 0 Å². The lowest BCUT2D eigenvalue weighted by atomic mass is 10.1. The van der Waals surface area contributed by atoms with E-state index in [0.717, 1.165) is 0 Å². The maximum Gasteiger partial charge on any atom is 0.257 e. The summed E-state index contributed by atoms with van der Waals surface area (Å²) < 4.78 is 13.4. The molecule has 2 rings (SSSR count). The van der Waals surface area contributed by atoms with Crippen molar-refractivity contribution in [2.75, 3.05) is 10.6 Å². The topological polar surface area (TPSA) is 61.4 Å². The molecule has 5 heteroatoms. The van der Waals surface area contributed by atoms with Gasteiger partial charge in [-0.3, -0.25) is 4.79 Å². The van der Waals surface area contributed by atoms with E-state index in [4.69, 9.17) is 0 Å². The van der Waals surface area contributed by atoms with Gasteiger partial charge in [-0.25, -0.2) is 4.39 Å². The Morgan fingerprint density at radius 3 is 2.41 bits per heavy atom. The number of anilines is 2. The van der Waals surface area contributed by atoms with Crippen LogP contribution in [-0.2, 0) is 4.79 Å². The molecule has 2 aromatic rings. The fraction of sp³-hybridized carbons (Fsp3) is 0.235. The summed E-state index contributed by atoms with van der Waals surface area (Å²) in [6.07, 6.45) is -1.28. The molecule has 0 spiro atoms. The second kappa shape index (κ2) is 7.04. The van der Waals surface area contributed by atoms with E-state index in [2.05, 4.69) is 10.6 Å². The molecule has 0 saturated heterocycles. The maximum absolute atomic E-state index is 13.4. The first-order valence-electron chi connectivity index (χ1n) is 7.07. The minimum Gasteiger partial charge on any atom is -0.381 e. The zero-order valence-corrected chi connectivity index (χ0v) is 12.5. The minimum absolute atomic E-state index is 0.0801. The highest BCUT2D eigenvalue weighted by molar-refractivity contribution is 5.97. The number of hydrogen-bond acceptors (Lipinski definition) is 3. The Morgan fingerprint density at radius 2 is 1.77 bits per heavy atom. The van der Waals surface area contributed by atoms with Crippen molar-refractivity contribution in [2.24, 2.45) is 0 Å². The molecule has 0 aliphatic heterocycles. The molecule has 0 aromatic heterocycles. The van der Waals surface area contributed by atoms with Crippen LogP contribution in [0, 0.1) is 5.82 Å². The summed E-state index contributed by atoms with van der Waals surface area (Å²) in [5, 5.41) is 15.8. The molecule has 1 amide bonds. The second-order valence-electron chi connectivity index (χ2n) is 5.29. The number of rotatable bonds is 5. The second-order valence-corrected chi connectivity index (χ2v) is 5.29. The monoisotopic (exact) mass is 302 g/mol. The summed E-state index contributed by atoms with van der Waals surface area (Å²) in [7, 11) is 0. The standard InChI is InChI=1S/C17H19FN2O2/c1-11(2)19-15-10-13(18)8-9-14(15)20-17(22)16(21)12-6-4-3-5-7-12/h3-11,16,19,21H,1-2H3,(H,20,22)/t16-/m0/s1. The number of nitrogens with one attached hydrogen (secondary N) is 2. The molecule has 0 bridgehead atoms. The van der Waals surface area contributed by atoms with Gasteiger partial charge < -0.3 is 15.7 Å². The Bertz CT molecular complexity index is 644. The van der Waals surface area contributed by atoms with Gasteiger partial charge in [0.2, 0.25) is 0 Å². The Balaban J connectivity index is 2.17. The van der Waals surface area contributed by atoms with Crippen LogP contribution in [0.15, 0.2) is 48.5 Å². The van der Waals surface area contributed by atoms with E-state index in [1.807, 2.05) is 13.8 Å². The lowest BCUT2D eigenvalue weighted by Gasteiger charge is -2.17. The largest absolute Gasteiger partial charge is 0.381 e. The number of aliphatic hydroxyl groups is 1. The fourth-order valence-electron chi connectivity index (χ4n) is 2.04. The van der Waals surface area contributed by atoms with Crippen LogP contribution < -0.4 is 10.6 Å². The molecule has 22 heavy (non-hydrogen) atoms. The average molecular weight is 302 g/mol. The summed E-state index contributed by atoms with van der Waals surface area (Å²) >= 11 is 0. The molecule has 4 nitrogen and oxygen atoms in total. The maximum atomic E-state index is 13.4. The molecular weight excluding hydrogens is 283 g/mol. The van der Waals surface area contributed by atoms with Crippen molar-refractivity contribution in [3.05, 3.63) is 59.9 Å². The third-order valence-electron chi connectivity index (χ3n) is 3.05. The van der Waals surface area contributed by atoms with Gasteiger partial charge in [0.1, 0.15) is 5.82 Å². The molecule has 0 fully saturated rings. The van der Waals surface area contributed by atoms with Crippen molar-refractivity contribution in [1.82, 2.24) is 0 Å². The van der Waals surface area contributed by atoms with Gasteiger partial charge in [0, 0.05) is 6.04 Å². The Kier molecular flexibility index (Phi) is 5.12. The van der Waals surface area contributed by atoms with Gasteiger partial charge in [0.05, 0.1) is 11.4 Å². The van der Waals surface area contributed by atoms with Crippen LogP contribution in [-0.4, -0.2) is 17.1 Å². The molecular formula is C17H19FN2O2. The van der Waals surface area contributed by atoms with E-state index in [1.54, 1.807) is 30.3 Å². The summed E-state index contributed by atoms with van der Waals surface area (Å²) in [5.41, 5.74) is 1.40. The van der Waals surface area contributed by atoms with Crippen LogP contribution in [0.25, 0.3) is 0 Å². The van der Waals surface area contributed by atoms with Crippen molar-refractivity contribution < 1.29 is 14.3 Å². The van der Waals surface area contributed by atoms with Crippen molar-refractivity contribution in [3.8, 4) is 0 Å². The average Bonchev–Trinajstić information content (AvgIpc) is 2.49. The lowest BCUT2D eigenvalue weighted by Crippen LogP contribution is -2.22. The molecule has 0 heterocycles. The molecule has 0 aliphatic carbocycles. The van der Waals surface area contributed by atoms with Crippen molar-refractivity contribution >= 4 is 17.3 Å². The number of halogens is 1. The molecule has 116 valence electrons. The first kappa shape index (κ1) is 16.0. The third kappa shape index (κ3) is 4.05. The number of hydrogen-bond donors (Lipinski definition) is 3. The van der Waals surface area contributed by atoms with Gasteiger partial charge in [-0.05, 0) is 37.6 Å². The summed E-state index contributed by atoms with van der Waals surface area (Å²) in [6.45, 7) is 3.82. The van der Waals surface area contributed by atoms with Crippen molar-refractivity contribution in [3.63, 3.8) is 0 Å². The Labute approximate surface area is 129 Å². The van der Waals surface area contributed by atoms with Gasteiger partial charge in [0.15, 0.2) is 6.10 Å². The summed E-state index contributed by atoms with van der Waals surface area (Å²) in [4.78, 5) is 12.2. The zero-order chi connectivity index (χ0) is 16.1. The number of amides is 1. The van der Waals surface area contributed by atoms with Gasteiger partial charge in [-0.15, -0.1) is 0 Å². The number of aliphatic hydroxyl groups excluding tert-OH is 1. The molecule has 3 N–H and O–H groups in total. The van der Waals surface area contributed by atoms with E-state index in [0.29, 0.717) is 16.9 Å². The normalized spacial score (nSPS) is 12.0. The number of carbonyl (C=O) groups excluding carboxylic acids is 1. The molecule has 0 aliphatic rings. The van der Waals surface area contributed by atoms with Gasteiger partial charge in [-0.1, -0.05) is 30.3 Å². The first-order valence-corrected chi connectivity index (χ1v) is 7.07. The Morgan fingerprint density at radius 1 is 1.09 bits per heavy atom. The molecule has 2 aromatic carbocycles. The summed E-state index contributed by atoms with van der Waals surface area (Å²) in [5.74, 6) is -0.964. The van der Waals surface area contributed by atoms with Crippen LogP contribution >= 0.6 is 0 Å². The Hall–Kier alpha value is -2.40. The van der Waals surface area contributed by atoms with Crippen LogP contribution in [0.1, 0.15) is 25.5 Å². The van der Waals surface area contributed by atoms with Crippen molar-refractivity contribution in [2.45, 2.75) is 26.0 Å². The van der Waals surface area contributed by atoms with Crippen LogP contribution in [0.4, 0.5) is 15.8 Å². The third-order valence-corrected chi connectivity index (χ3v) is 3.05. The van der Waals surface area contributed by atoms with E-state index in [1.165, 1.54) is 18.2 Å². The lowest BCUT2D eigenvalue weighted by molar-refractivity contribution is -0.124. The van der Waals surface area contributed by atoms with E-state index >= 15 is 0 Å². The number of carbonyl (C=O) groups is 1. The SMILES string of the molecule is CC(C)Nc1cc(F)ccc1NC(=O)[C@@H](O)c1ccccc1. The zero-order valence-electron chi connectivity index (χ0n) is 12.5. The quantitative estimate of drug-likeness (QED) is 0.794. The first-order chi connectivity index (χ1) is 10.5. The van der Waals surface area contributed by atoms with Crippen LogP contribution in [0.2, 0.25) is 0 Å². The number of benzene rings is 2. The highest BCUT2D eigenvalue weighted by Gasteiger charge is 2.18. The predicted molar refractivity (Wildman–Crippen MR) is 85.2 cm³/mol. The van der Waals surface area contributed by atoms with Gasteiger partial charge in [0.25, 0.3) is 5.91 Å². The fourth-order valence-corrected chi connectivity index (χ4v) is 2.04. The van der Waals surface area contributed by atoms with E-state index < -0.39 is 17.8 Å². The summed E-state index contributed by atoms with van der Waals surface area (Å²) in [6, 6.07) is 12.8. The van der Waals surface area contributed by atoms with Crippen LogP contribution in [0.3, 0.4) is 0 Å². The smallest absolute Gasteiger partial charge is 0.257 e. The van der Waals surface area contributed by atoms with E-state index in [-0.39, 0.29) is 6.04 Å². The molecule has 0 unspecified atom stereocenters. The van der Waals surface area contributed by atoms with Gasteiger partial charge >= 0.3 is 0 Å². The molecule has 1 atom stereocenters.